The van der Waals surface area contributed by atoms with Crippen LogP contribution in [0.3, 0.4) is 0 Å². The van der Waals surface area contributed by atoms with Gasteiger partial charge < -0.3 is 5.73 Å². The van der Waals surface area contributed by atoms with Crippen LogP contribution in [0.2, 0.25) is 0 Å². The van der Waals surface area contributed by atoms with Gasteiger partial charge in [0.05, 0.1) is 11.9 Å². The van der Waals surface area contributed by atoms with Crippen LogP contribution in [0.15, 0.2) is 36.5 Å². The van der Waals surface area contributed by atoms with Gasteiger partial charge >= 0.3 is 0 Å². The Kier molecular flexibility index (Phi) is 3.37. The molecule has 0 saturated heterocycles. The molecule has 1 aromatic heterocycles. The fraction of sp³-hybridized carbons (Fsp3) is 0.143. The van der Waals surface area contributed by atoms with E-state index < -0.39 is 0 Å². The summed E-state index contributed by atoms with van der Waals surface area (Å²) in [5.41, 5.74) is 7.96. The summed E-state index contributed by atoms with van der Waals surface area (Å²) in [5, 5.41) is 0. The van der Waals surface area contributed by atoms with Crippen LogP contribution in [0.25, 0.3) is 0 Å². The Labute approximate surface area is 104 Å². The molecule has 3 nitrogen and oxygen atoms in total. The first kappa shape index (κ1) is 12.2. The molecule has 2 rings (SSSR count). The first-order valence-corrected chi connectivity index (χ1v) is 5.56. The molecule has 0 radical (unpaired) electrons. The van der Waals surface area contributed by atoms with E-state index in [0.29, 0.717) is 11.4 Å². The smallest absolute Gasteiger partial charge is 0.185 e. The maximum absolute atomic E-state index is 12.9. The number of halogens is 1. The van der Waals surface area contributed by atoms with Crippen LogP contribution in [0.4, 0.5) is 10.1 Å². The van der Waals surface area contributed by atoms with E-state index in [9.17, 15) is 9.18 Å². The number of aromatic nitrogens is 1. The maximum atomic E-state index is 12.9. The summed E-state index contributed by atoms with van der Waals surface area (Å²) < 4.78 is 12.9. The topological polar surface area (TPSA) is 56.0 Å². The van der Waals surface area contributed by atoms with Crippen molar-refractivity contribution in [1.29, 1.82) is 0 Å². The van der Waals surface area contributed by atoms with Gasteiger partial charge in [0.25, 0.3) is 0 Å². The van der Waals surface area contributed by atoms with Crippen LogP contribution in [0, 0.1) is 12.7 Å². The number of Topliss-reactive ketones (excluding diaryl/α,β-unsaturated/α-hetero) is 1. The number of carbonyl (C=O) groups excluding carboxylic acids is 1. The van der Waals surface area contributed by atoms with Gasteiger partial charge in [-0.2, -0.15) is 0 Å². The number of nitrogen functional groups attached to an aromatic ring is 1. The summed E-state index contributed by atoms with van der Waals surface area (Å²) in [6, 6.07) is 7.62. The van der Waals surface area contributed by atoms with E-state index in [1.54, 1.807) is 25.1 Å². The van der Waals surface area contributed by atoms with Crippen molar-refractivity contribution in [3.63, 3.8) is 0 Å². The number of benzene rings is 1. The third-order valence-electron chi connectivity index (χ3n) is 2.73. The predicted molar refractivity (Wildman–Crippen MR) is 67.8 cm³/mol. The van der Waals surface area contributed by atoms with Crippen molar-refractivity contribution in [2.75, 3.05) is 5.73 Å². The molecule has 0 amide bonds. The Morgan fingerprint density at radius 2 is 2.11 bits per heavy atom. The molecule has 0 aliphatic rings. The van der Waals surface area contributed by atoms with E-state index in [1.807, 2.05) is 0 Å². The van der Waals surface area contributed by atoms with Gasteiger partial charge in [0.1, 0.15) is 11.5 Å². The predicted octanol–water partition coefficient (Wildman–Crippen LogP) is 2.54. The van der Waals surface area contributed by atoms with E-state index in [1.165, 1.54) is 18.3 Å². The molecule has 0 saturated carbocycles. The number of hydrogen-bond donors (Lipinski definition) is 1. The van der Waals surface area contributed by atoms with Crippen LogP contribution < -0.4 is 5.73 Å². The minimum atomic E-state index is -0.297. The molecule has 4 heteroatoms. The van der Waals surface area contributed by atoms with Crippen molar-refractivity contribution in [2.24, 2.45) is 0 Å². The molecule has 0 bridgehead atoms. The Hall–Kier alpha value is -2.23. The Bertz CT molecular complexity index is 579. The fourth-order valence-electron chi connectivity index (χ4n) is 1.69. The van der Waals surface area contributed by atoms with Crippen molar-refractivity contribution >= 4 is 11.5 Å². The minimum Gasteiger partial charge on any atom is -0.397 e. The molecule has 0 aliphatic heterocycles. The van der Waals surface area contributed by atoms with Gasteiger partial charge in [-0.05, 0) is 42.3 Å². The van der Waals surface area contributed by atoms with Gasteiger partial charge in [-0.3, -0.25) is 9.78 Å². The van der Waals surface area contributed by atoms with Gasteiger partial charge in [0.15, 0.2) is 5.78 Å². The van der Waals surface area contributed by atoms with Gasteiger partial charge in [0, 0.05) is 6.42 Å². The lowest BCUT2D eigenvalue weighted by atomic mass is 10.0. The first-order chi connectivity index (χ1) is 8.56. The molecule has 18 heavy (non-hydrogen) atoms. The van der Waals surface area contributed by atoms with Crippen LogP contribution in [-0.4, -0.2) is 10.8 Å². The molecule has 0 fully saturated rings. The normalized spacial score (nSPS) is 10.3. The molecule has 0 aliphatic carbocycles. The average molecular weight is 244 g/mol. The molecular weight excluding hydrogens is 231 g/mol. The average Bonchev–Trinajstić information content (AvgIpc) is 2.33. The summed E-state index contributed by atoms with van der Waals surface area (Å²) in [5.74, 6) is -0.404. The van der Waals surface area contributed by atoms with Gasteiger partial charge in [-0.25, -0.2) is 4.39 Å². The third-order valence-corrected chi connectivity index (χ3v) is 2.73. The fourth-order valence-corrected chi connectivity index (χ4v) is 1.69. The lowest BCUT2D eigenvalue weighted by molar-refractivity contribution is 0.0988. The lowest BCUT2D eigenvalue weighted by Crippen LogP contribution is -2.07. The van der Waals surface area contributed by atoms with Gasteiger partial charge in [-0.1, -0.05) is 6.07 Å². The largest absolute Gasteiger partial charge is 0.397 e. The number of pyridine rings is 1. The molecule has 2 N–H and O–H groups in total. The van der Waals surface area contributed by atoms with E-state index in [4.69, 9.17) is 5.73 Å². The third kappa shape index (κ3) is 2.71. The highest BCUT2D eigenvalue weighted by Gasteiger charge is 2.10. The van der Waals surface area contributed by atoms with Crippen LogP contribution in [0.1, 0.15) is 21.6 Å². The quantitative estimate of drug-likeness (QED) is 0.844. The van der Waals surface area contributed by atoms with E-state index in [0.717, 1.165) is 11.1 Å². The molecule has 0 spiro atoms. The standard InChI is InChI=1S/C14H13FN2O/c1-9-6-11(15)3-2-10(9)7-14(18)13-5-4-12(16)8-17-13/h2-6,8H,7,16H2,1H3. The molecule has 92 valence electrons. The highest BCUT2D eigenvalue weighted by Crippen LogP contribution is 2.13. The van der Waals surface area contributed by atoms with Crippen LogP contribution >= 0.6 is 0 Å². The first-order valence-electron chi connectivity index (χ1n) is 5.56. The zero-order chi connectivity index (χ0) is 13.1. The van der Waals surface area contributed by atoms with E-state index >= 15 is 0 Å². The number of hydrogen-bond acceptors (Lipinski definition) is 3. The molecule has 1 heterocycles. The van der Waals surface area contributed by atoms with Crippen LogP contribution in [-0.2, 0) is 6.42 Å². The maximum Gasteiger partial charge on any atom is 0.185 e. The number of nitrogens with two attached hydrogens (primary N) is 1. The van der Waals surface area contributed by atoms with Gasteiger partial charge in [0.2, 0.25) is 0 Å². The molecule has 1 aromatic carbocycles. The summed E-state index contributed by atoms with van der Waals surface area (Å²) >= 11 is 0. The van der Waals surface area contributed by atoms with Crippen molar-refractivity contribution in [3.05, 3.63) is 59.2 Å². The number of carbonyl (C=O) groups is 1. The number of anilines is 1. The Morgan fingerprint density at radius 1 is 1.33 bits per heavy atom. The lowest BCUT2D eigenvalue weighted by Gasteiger charge is -2.05. The second-order valence-corrected chi connectivity index (χ2v) is 4.15. The second-order valence-electron chi connectivity index (χ2n) is 4.15. The monoisotopic (exact) mass is 244 g/mol. The number of rotatable bonds is 3. The van der Waals surface area contributed by atoms with E-state index in [2.05, 4.69) is 4.98 Å². The molecule has 2 aromatic rings. The summed E-state index contributed by atoms with van der Waals surface area (Å²) in [6.07, 6.45) is 1.66. The SMILES string of the molecule is Cc1cc(F)ccc1CC(=O)c1ccc(N)cn1. The number of nitrogens with zero attached hydrogens (tertiary/aromatic N) is 1. The van der Waals surface area contributed by atoms with Gasteiger partial charge in [-0.15, -0.1) is 0 Å². The van der Waals surface area contributed by atoms with Crippen molar-refractivity contribution in [3.8, 4) is 0 Å². The zero-order valence-electron chi connectivity index (χ0n) is 9.98. The Balaban J connectivity index is 2.18. The number of ketones is 1. The Morgan fingerprint density at radius 3 is 2.72 bits per heavy atom. The zero-order valence-corrected chi connectivity index (χ0v) is 9.98. The second kappa shape index (κ2) is 4.96. The minimum absolute atomic E-state index is 0.107. The van der Waals surface area contributed by atoms with Crippen molar-refractivity contribution in [1.82, 2.24) is 4.98 Å². The van der Waals surface area contributed by atoms with Crippen molar-refractivity contribution < 1.29 is 9.18 Å². The number of aryl methyl sites for hydroxylation is 1. The van der Waals surface area contributed by atoms with E-state index in [-0.39, 0.29) is 18.0 Å². The highest BCUT2D eigenvalue weighted by molar-refractivity contribution is 5.96. The van der Waals surface area contributed by atoms with Crippen LogP contribution in [0.5, 0.6) is 0 Å². The van der Waals surface area contributed by atoms with Crippen molar-refractivity contribution in [2.45, 2.75) is 13.3 Å². The molecule has 0 unspecified atom stereocenters. The highest BCUT2D eigenvalue weighted by atomic mass is 19.1. The molecule has 0 atom stereocenters. The summed E-state index contributed by atoms with van der Waals surface area (Å²) in [7, 11) is 0. The summed E-state index contributed by atoms with van der Waals surface area (Å²) in [6.45, 7) is 1.78. The summed E-state index contributed by atoms with van der Waals surface area (Å²) in [4.78, 5) is 15.9. The molecular formula is C14H13FN2O.